The van der Waals surface area contributed by atoms with Crippen LogP contribution in [-0.2, 0) is 0 Å². The van der Waals surface area contributed by atoms with Crippen LogP contribution in [0.25, 0.3) is 0 Å². The Morgan fingerprint density at radius 1 is 1.11 bits per heavy atom. The standard InChI is InChI=1S/C25H28N8O4/c1-15-7-9-32(10-8-15)25-29-23(27-19-6-4-5-16(2)17(19)3)28-24(30-25)31-26-13-18-11-21-22(37-14-36-21)12-20(18)33(34)35/h4-6,11-13,15H,7-10,14H2,1-3H3,(H2,27,28,29,30,31)/b26-13-. The van der Waals surface area contributed by atoms with Crippen LogP contribution in [0.15, 0.2) is 35.4 Å². The van der Waals surface area contributed by atoms with Crippen molar-refractivity contribution in [3.05, 3.63) is 57.1 Å². The molecule has 2 aromatic carbocycles. The summed E-state index contributed by atoms with van der Waals surface area (Å²) in [6, 6.07) is 8.84. The van der Waals surface area contributed by atoms with Gasteiger partial charge in [0.15, 0.2) is 11.5 Å². The van der Waals surface area contributed by atoms with Crippen LogP contribution in [0, 0.1) is 29.9 Å². The number of nitro groups is 1. The van der Waals surface area contributed by atoms with Crippen molar-refractivity contribution >= 4 is 35.4 Å². The molecule has 2 aliphatic rings. The number of hydrogen-bond donors (Lipinski definition) is 2. The van der Waals surface area contributed by atoms with Gasteiger partial charge in [-0.05, 0) is 55.9 Å². The maximum atomic E-state index is 11.5. The first kappa shape index (κ1) is 24.2. The van der Waals surface area contributed by atoms with Gasteiger partial charge < -0.3 is 19.7 Å². The van der Waals surface area contributed by atoms with E-state index in [1.807, 2.05) is 32.0 Å². The van der Waals surface area contributed by atoms with Crippen LogP contribution in [0.1, 0.15) is 36.5 Å². The molecule has 2 N–H and O–H groups in total. The van der Waals surface area contributed by atoms with Gasteiger partial charge in [0.25, 0.3) is 5.69 Å². The molecule has 0 amide bonds. The van der Waals surface area contributed by atoms with Crippen LogP contribution in [0.5, 0.6) is 11.5 Å². The van der Waals surface area contributed by atoms with Gasteiger partial charge in [0.2, 0.25) is 24.6 Å². The topological polar surface area (TPSA) is 140 Å². The van der Waals surface area contributed by atoms with Crippen molar-refractivity contribution in [1.29, 1.82) is 0 Å². The predicted octanol–water partition coefficient (Wildman–Crippen LogP) is 4.55. The van der Waals surface area contributed by atoms with Gasteiger partial charge in [-0.25, -0.2) is 5.43 Å². The number of nitrogens with one attached hydrogen (secondary N) is 2. The van der Waals surface area contributed by atoms with E-state index in [2.05, 4.69) is 42.6 Å². The van der Waals surface area contributed by atoms with Crippen LogP contribution in [0.3, 0.4) is 0 Å². The molecule has 2 aliphatic heterocycles. The second-order valence-corrected chi connectivity index (χ2v) is 9.22. The van der Waals surface area contributed by atoms with Crippen molar-refractivity contribution in [1.82, 2.24) is 15.0 Å². The number of rotatable bonds is 7. The molecule has 0 bridgehead atoms. The van der Waals surface area contributed by atoms with E-state index in [1.165, 1.54) is 18.3 Å². The minimum Gasteiger partial charge on any atom is -0.454 e. The first-order valence-corrected chi connectivity index (χ1v) is 12.1. The Bertz CT molecular complexity index is 1350. The predicted molar refractivity (Wildman–Crippen MR) is 140 cm³/mol. The number of anilines is 4. The van der Waals surface area contributed by atoms with Crippen LogP contribution in [-0.4, -0.2) is 46.0 Å². The molecule has 1 aromatic heterocycles. The second kappa shape index (κ2) is 10.2. The quantitative estimate of drug-likeness (QED) is 0.267. The zero-order valence-electron chi connectivity index (χ0n) is 20.9. The molecule has 0 radical (unpaired) electrons. The lowest BCUT2D eigenvalue weighted by atomic mass is 10.00. The summed E-state index contributed by atoms with van der Waals surface area (Å²) in [7, 11) is 0. The molecule has 0 unspecified atom stereocenters. The smallest absolute Gasteiger partial charge is 0.282 e. The van der Waals surface area contributed by atoms with Crippen molar-refractivity contribution in [3.8, 4) is 11.5 Å². The van der Waals surface area contributed by atoms with Crippen molar-refractivity contribution in [2.45, 2.75) is 33.6 Å². The van der Waals surface area contributed by atoms with E-state index in [-0.39, 0.29) is 24.0 Å². The van der Waals surface area contributed by atoms with E-state index in [4.69, 9.17) is 9.47 Å². The summed E-state index contributed by atoms with van der Waals surface area (Å²) in [5.41, 5.74) is 6.07. The van der Waals surface area contributed by atoms with E-state index in [0.717, 1.165) is 42.7 Å². The average Bonchev–Trinajstić information content (AvgIpc) is 3.34. The monoisotopic (exact) mass is 504 g/mol. The zero-order chi connectivity index (χ0) is 25.9. The molecular weight excluding hydrogens is 476 g/mol. The minimum absolute atomic E-state index is 0.0183. The molecule has 12 nitrogen and oxygen atoms in total. The lowest BCUT2D eigenvalue weighted by Gasteiger charge is -2.30. The Morgan fingerprint density at radius 3 is 2.59 bits per heavy atom. The number of fused-ring (bicyclic) bond motifs is 1. The van der Waals surface area contributed by atoms with Gasteiger partial charge in [-0.2, -0.15) is 20.1 Å². The van der Waals surface area contributed by atoms with Crippen molar-refractivity contribution in [2.75, 3.05) is 35.5 Å². The van der Waals surface area contributed by atoms with Gasteiger partial charge in [0, 0.05) is 18.8 Å². The summed E-state index contributed by atoms with van der Waals surface area (Å²) < 4.78 is 10.6. The van der Waals surface area contributed by atoms with Crippen LogP contribution >= 0.6 is 0 Å². The average molecular weight is 505 g/mol. The Hall–Kier alpha value is -4.48. The fourth-order valence-corrected chi connectivity index (χ4v) is 4.20. The number of piperidine rings is 1. The fourth-order valence-electron chi connectivity index (χ4n) is 4.20. The van der Waals surface area contributed by atoms with Gasteiger partial charge in [0.05, 0.1) is 22.8 Å². The number of nitro benzene ring substituents is 1. The SMILES string of the molecule is Cc1cccc(Nc2nc(N/N=C\c3cc4c(cc3[N+](=O)[O-])OCO4)nc(N3CCC(C)CC3)n2)c1C. The molecule has 37 heavy (non-hydrogen) atoms. The number of nitrogens with zero attached hydrogens (tertiary/aromatic N) is 6. The number of aryl methyl sites for hydroxylation is 1. The van der Waals surface area contributed by atoms with E-state index in [9.17, 15) is 10.1 Å². The first-order valence-electron chi connectivity index (χ1n) is 12.1. The van der Waals surface area contributed by atoms with Crippen LogP contribution in [0.4, 0.5) is 29.2 Å². The third-order valence-electron chi connectivity index (χ3n) is 6.63. The summed E-state index contributed by atoms with van der Waals surface area (Å²) in [6.45, 7) is 8.04. The molecular formula is C25H28N8O4. The van der Waals surface area contributed by atoms with Gasteiger partial charge >= 0.3 is 0 Å². The van der Waals surface area contributed by atoms with Crippen molar-refractivity contribution < 1.29 is 14.4 Å². The van der Waals surface area contributed by atoms with Crippen molar-refractivity contribution in [3.63, 3.8) is 0 Å². The third kappa shape index (κ3) is 5.37. The van der Waals surface area contributed by atoms with Gasteiger partial charge in [-0.15, -0.1) is 0 Å². The van der Waals surface area contributed by atoms with E-state index < -0.39 is 4.92 Å². The zero-order valence-corrected chi connectivity index (χ0v) is 20.9. The van der Waals surface area contributed by atoms with Crippen LogP contribution < -0.4 is 25.1 Å². The van der Waals surface area contributed by atoms with Crippen molar-refractivity contribution in [2.24, 2.45) is 11.0 Å². The van der Waals surface area contributed by atoms with E-state index >= 15 is 0 Å². The molecule has 0 atom stereocenters. The molecule has 0 aliphatic carbocycles. The molecule has 3 heterocycles. The third-order valence-corrected chi connectivity index (χ3v) is 6.63. The molecule has 1 fully saturated rings. The highest BCUT2D eigenvalue weighted by atomic mass is 16.7. The summed E-state index contributed by atoms with van der Waals surface area (Å²) in [5, 5.41) is 19.0. The number of hydrogen-bond acceptors (Lipinski definition) is 11. The fraction of sp³-hybridized carbons (Fsp3) is 0.360. The molecule has 192 valence electrons. The summed E-state index contributed by atoms with van der Waals surface area (Å²) in [5.74, 6) is 2.55. The Labute approximate surface area is 213 Å². The normalized spacial score (nSPS) is 15.3. The van der Waals surface area contributed by atoms with Gasteiger partial charge in [-0.3, -0.25) is 10.1 Å². The largest absolute Gasteiger partial charge is 0.454 e. The Balaban J connectivity index is 1.43. The number of aromatic nitrogens is 3. The molecule has 0 spiro atoms. The number of benzene rings is 2. The van der Waals surface area contributed by atoms with E-state index in [0.29, 0.717) is 29.3 Å². The molecule has 1 saturated heterocycles. The highest BCUT2D eigenvalue weighted by molar-refractivity contribution is 5.87. The minimum atomic E-state index is -0.492. The Morgan fingerprint density at radius 2 is 1.84 bits per heavy atom. The second-order valence-electron chi connectivity index (χ2n) is 9.22. The summed E-state index contributed by atoms with van der Waals surface area (Å²) in [6.07, 6.45) is 3.45. The maximum Gasteiger partial charge on any atom is 0.282 e. The number of hydrazone groups is 1. The summed E-state index contributed by atoms with van der Waals surface area (Å²) >= 11 is 0. The molecule has 0 saturated carbocycles. The number of ether oxygens (including phenoxy) is 2. The molecule has 5 rings (SSSR count). The lowest BCUT2D eigenvalue weighted by molar-refractivity contribution is -0.385. The molecule has 12 heteroatoms. The first-order chi connectivity index (χ1) is 17.9. The highest BCUT2D eigenvalue weighted by Crippen LogP contribution is 2.37. The molecule has 3 aromatic rings. The lowest BCUT2D eigenvalue weighted by Crippen LogP contribution is -2.34. The van der Waals surface area contributed by atoms with Gasteiger partial charge in [0.1, 0.15) is 0 Å². The highest BCUT2D eigenvalue weighted by Gasteiger charge is 2.23. The maximum absolute atomic E-state index is 11.5. The van der Waals surface area contributed by atoms with Gasteiger partial charge in [-0.1, -0.05) is 19.1 Å². The summed E-state index contributed by atoms with van der Waals surface area (Å²) in [4.78, 5) is 26.9. The Kier molecular flexibility index (Phi) is 6.71. The van der Waals surface area contributed by atoms with Crippen LogP contribution in [0.2, 0.25) is 0 Å². The van der Waals surface area contributed by atoms with E-state index in [1.54, 1.807) is 0 Å².